The van der Waals surface area contributed by atoms with Crippen LogP contribution in [-0.2, 0) is 0 Å². The van der Waals surface area contributed by atoms with Crippen molar-refractivity contribution in [2.45, 2.75) is 45.3 Å². The third kappa shape index (κ3) is 2.14. The lowest BCUT2D eigenvalue weighted by molar-refractivity contribution is -0.0725. The Morgan fingerprint density at radius 1 is 1.69 bits per heavy atom. The molecule has 16 heavy (non-hydrogen) atoms. The molecule has 90 valence electrons. The minimum atomic E-state index is -0.153. The Labute approximate surface area is 101 Å². The van der Waals surface area contributed by atoms with Crippen molar-refractivity contribution in [2.24, 2.45) is 5.41 Å². The zero-order chi connectivity index (χ0) is 11.8. The van der Waals surface area contributed by atoms with Crippen molar-refractivity contribution >= 4 is 11.3 Å². The first-order chi connectivity index (χ1) is 7.51. The van der Waals surface area contributed by atoms with E-state index >= 15 is 0 Å². The molecule has 0 bridgehead atoms. The van der Waals surface area contributed by atoms with Gasteiger partial charge in [-0.3, -0.25) is 0 Å². The first-order valence-electron chi connectivity index (χ1n) is 5.82. The summed E-state index contributed by atoms with van der Waals surface area (Å²) in [5.74, 6) is 0.452. The summed E-state index contributed by atoms with van der Waals surface area (Å²) in [7, 11) is 0. The van der Waals surface area contributed by atoms with E-state index in [9.17, 15) is 5.11 Å². The van der Waals surface area contributed by atoms with Gasteiger partial charge in [0.1, 0.15) is 0 Å². The van der Waals surface area contributed by atoms with Crippen LogP contribution < -0.4 is 5.32 Å². The normalized spacial score (nSPS) is 29.8. The third-order valence-electron chi connectivity index (χ3n) is 3.76. The minimum absolute atomic E-state index is 0.0165. The SMILES string of the molecule is CC(CNC1CC(O)C1(C)C)c1nccs1. The van der Waals surface area contributed by atoms with Gasteiger partial charge in [-0.15, -0.1) is 11.3 Å². The largest absolute Gasteiger partial charge is 0.392 e. The van der Waals surface area contributed by atoms with Crippen LogP contribution in [0.4, 0.5) is 0 Å². The average Bonchev–Trinajstić information content (AvgIpc) is 2.76. The maximum Gasteiger partial charge on any atom is 0.0965 e. The number of aliphatic hydroxyl groups excluding tert-OH is 1. The predicted molar refractivity (Wildman–Crippen MR) is 66.7 cm³/mol. The third-order valence-corrected chi connectivity index (χ3v) is 4.77. The van der Waals surface area contributed by atoms with Crippen LogP contribution in [0.2, 0.25) is 0 Å². The first-order valence-corrected chi connectivity index (χ1v) is 6.70. The molecule has 0 aliphatic heterocycles. The summed E-state index contributed by atoms with van der Waals surface area (Å²) < 4.78 is 0. The number of nitrogens with one attached hydrogen (secondary N) is 1. The van der Waals surface area contributed by atoms with Crippen molar-refractivity contribution in [3.8, 4) is 0 Å². The molecule has 3 atom stereocenters. The van der Waals surface area contributed by atoms with Gasteiger partial charge in [-0.05, 0) is 6.42 Å². The molecule has 1 heterocycles. The summed E-state index contributed by atoms with van der Waals surface area (Å²) in [6.45, 7) is 7.36. The molecule has 1 aliphatic carbocycles. The van der Waals surface area contributed by atoms with Crippen LogP contribution in [0.5, 0.6) is 0 Å². The number of thiazole rings is 1. The summed E-state index contributed by atoms with van der Waals surface area (Å²) in [5, 5.41) is 16.4. The smallest absolute Gasteiger partial charge is 0.0965 e. The van der Waals surface area contributed by atoms with E-state index in [0.717, 1.165) is 13.0 Å². The fraction of sp³-hybridized carbons (Fsp3) is 0.750. The highest BCUT2D eigenvalue weighted by Gasteiger charge is 2.46. The van der Waals surface area contributed by atoms with Crippen LogP contribution in [0.1, 0.15) is 38.1 Å². The Balaban J connectivity index is 1.81. The molecule has 3 nitrogen and oxygen atoms in total. The Hall–Kier alpha value is -0.450. The second-order valence-corrected chi connectivity index (χ2v) is 6.23. The highest BCUT2D eigenvalue weighted by atomic mass is 32.1. The van der Waals surface area contributed by atoms with E-state index in [1.807, 2.05) is 11.6 Å². The van der Waals surface area contributed by atoms with Crippen molar-refractivity contribution in [1.82, 2.24) is 10.3 Å². The molecule has 1 aromatic heterocycles. The van der Waals surface area contributed by atoms with E-state index in [-0.39, 0.29) is 11.5 Å². The molecule has 0 amide bonds. The number of nitrogens with zero attached hydrogens (tertiary/aromatic N) is 1. The number of rotatable bonds is 4. The van der Waals surface area contributed by atoms with E-state index < -0.39 is 0 Å². The molecule has 2 N–H and O–H groups in total. The average molecular weight is 240 g/mol. The Kier molecular flexibility index (Phi) is 3.33. The fourth-order valence-corrected chi connectivity index (χ4v) is 2.83. The van der Waals surface area contributed by atoms with Gasteiger partial charge in [-0.25, -0.2) is 4.98 Å². The van der Waals surface area contributed by atoms with E-state index in [1.54, 1.807) is 11.3 Å². The second kappa shape index (κ2) is 4.43. The van der Waals surface area contributed by atoms with Gasteiger partial charge in [0.15, 0.2) is 0 Å². The summed E-state index contributed by atoms with van der Waals surface area (Å²) in [4.78, 5) is 4.32. The van der Waals surface area contributed by atoms with Crippen molar-refractivity contribution in [2.75, 3.05) is 6.54 Å². The summed E-state index contributed by atoms with van der Waals surface area (Å²) >= 11 is 1.71. The lowest BCUT2D eigenvalue weighted by Gasteiger charge is -2.50. The molecule has 1 aliphatic rings. The molecule has 0 spiro atoms. The number of aromatic nitrogens is 1. The Morgan fingerprint density at radius 2 is 2.44 bits per heavy atom. The molecule has 1 fully saturated rings. The van der Waals surface area contributed by atoms with Crippen molar-refractivity contribution in [3.05, 3.63) is 16.6 Å². The zero-order valence-electron chi connectivity index (χ0n) is 10.1. The first kappa shape index (κ1) is 12.0. The van der Waals surface area contributed by atoms with E-state index in [4.69, 9.17) is 0 Å². The standard InChI is InChI=1S/C12H20N2OS/c1-8(11-13-4-5-16-11)7-14-9-6-10(15)12(9,2)3/h4-5,8-10,14-15H,6-7H2,1-3H3. The van der Waals surface area contributed by atoms with Crippen LogP contribution in [0, 0.1) is 5.41 Å². The molecule has 0 saturated heterocycles. The van der Waals surface area contributed by atoms with Crippen LogP contribution in [-0.4, -0.2) is 28.8 Å². The minimum Gasteiger partial charge on any atom is -0.392 e. The lowest BCUT2D eigenvalue weighted by Crippen LogP contribution is -2.60. The van der Waals surface area contributed by atoms with Gasteiger partial charge in [0.25, 0.3) is 0 Å². The van der Waals surface area contributed by atoms with E-state index in [0.29, 0.717) is 12.0 Å². The molecule has 0 radical (unpaired) electrons. The Morgan fingerprint density at radius 3 is 2.94 bits per heavy atom. The molecule has 1 saturated carbocycles. The van der Waals surface area contributed by atoms with Gasteiger partial charge in [0.05, 0.1) is 11.1 Å². The zero-order valence-corrected chi connectivity index (χ0v) is 10.9. The molecular weight excluding hydrogens is 220 g/mol. The molecule has 2 rings (SSSR count). The van der Waals surface area contributed by atoms with Crippen molar-refractivity contribution in [3.63, 3.8) is 0 Å². The van der Waals surface area contributed by atoms with Crippen LogP contribution >= 0.6 is 11.3 Å². The Bertz CT molecular complexity index is 337. The van der Waals surface area contributed by atoms with Crippen LogP contribution in [0.15, 0.2) is 11.6 Å². The molecule has 4 heteroatoms. The highest BCUT2D eigenvalue weighted by molar-refractivity contribution is 7.09. The van der Waals surface area contributed by atoms with Crippen LogP contribution in [0.25, 0.3) is 0 Å². The van der Waals surface area contributed by atoms with Crippen molar-refractivity contribution in [1.29, 1.82) is 0 Å². The van der Waals surface area contributed by atoms with E-state index in [2.05, 4.69) is 31.1 Å². The monoisotopic (exact) mass is 240 g/mol. The second-order valence-electron chi connectivity index (χ2n) is 5.31. The van der Waals surface area contributed by atoms with Gasteiger partial charge in [-0.1, -0.05) is 20.8 Å². The number of hydrogen-bond acceptors (Lipinski definition) is 4. The number of aliphatic hydroxyl groups is 1. The topological polar surface area (TPSA) is 45.1 Å². The number of hydrogen-bond donors (Lipinski definition) is 2. The molecule has 1 aromatic rings. The maximum atomic E-state index is 9.65. The van der Waals surface area contributed by atoms with Gasteiger partial charge < -0.3 is 10.4 Å². The predicted octanol–water partition coefficient (Wildman–Crippen LogP) is 2.00. The quantitative estimate of drug-likeness (QED) is 0.846. The summed E-state index contributed by atoms with van der Waals surface area (Å²) in [6, 6.07) is 0.435. The highest BCUT2D eigenvalue weighted by Crippen LogP contribution is 2.40. The summed E-state index contributed by atoms with van der Waals surface area (Å²) in [6.07, 6.45) is 2.57. The summed E-state index contributed by atoms with van der Waals surface area (Å²) in [5.41, 5.74) is 0.0165. The maximum absolute atomic E-state index is 9.65. The van der Waals surface area contributed by atoms with Gasteiger partial charge in [0, 0.05) is 35.5 Å². The van der Waals surface area contributed by atoms with E-state index in [1.165, 1.54) is 5.01 Å². The van der Waals surface area contributed by atoms with Gasteiger partial charge in [0.2, 0.25) is 0 Å². The molecule has 3 unspecified atom stereocenters. The van der Waals surface area contributed by atoms with Crippen LogP contribution in [0.3, 0.4) is 0 Å². The lowest BCUT2D eigenvalue weighted by atomic mass is 9.64. The van der Waals surface area contributed by atoms with Gasteiger partial charge >= 0.3 is 0 Å². The fourth-order valence-electron chi connectivity index (χ4n) is 2.13. The molecule has 0 aromatic carbocycles. The van der Waals surface area contributed by atoms with Crippen molar-refractivity contribution < 1.29 is 5.11 Å². The van der Waals surface area contributed by atoms with Gasteiger partial charge in [-0.2, -0.15) is 0 Å². The molecular formula is C12H20N2OS.